The molecule has 8 heteroatoms. The van der Waals surface area contributed by atoms with Crippen LogP contribution >= 0.6 is 11.3 Å². The molecule has 1 aromatic heterocycles. The van der Waals surface area contributed by atoms with E-state index in [1.165, 1.54) is 6.92 Å². The van der Waals surface area contributed by atoms with Crippen molar-refractivity contribution in [3.05, 3.63) is 5.01 Å². The van der Waals surface area contributed by atoms with Gasteiger partial charge in [-0.25, -0.2) is 8.42 Å². The summed E-state index contributed by atoms with van der Waals surface area (Å²) in [6.07, 6.45) is 0. The van der Waals surface area contributed by atoms with E-state index in [1.54, 1.807) is 0 Å². The van der Waals surface area contributed by atoms with Crippen molar-refractivity contribution in [2.45, 2.75) is 31.2 Å². The van der Waals surface area contributed by atoms with Crippen molar-refractivity contribution < 1.29 is 13.2 Å². The Balaban J connectivity index is 2.92. The predicted octanol–water partition coefficient (Wildman–Crippen LogP) is 0.470. The second-order valence-corrected chi connectivity index (χ2v) is 6.83. The molecule has 0 saturated carbocycles. The van der Waals surface area contributed by atoms with Crippen molar-refractivity contribution in [1.29, 1.82) is 0 Å². The number of amides is 1. The Kier molecular flexibility index (Phi) is 3.98. The minimum Gasteiger partial charge on any atom is -0.348 e. The molecule has 0 fully saturated rings. The van der Waals surface area contributed by atoms with Gasteiger partial charge in [0.05, 0.1) is 5.75 Å². The second-order valence-electron chi connectivity index (χ2n) is 3.40. The SMILES string of the molecule is CCS(=O)(=O)c1nnc(C(=O)NC(C)C)s1. The molecule has 0 unspecified atom stereocenters. The van der Waals surface area contributed by atoms with Crippen LogP contribution in [-0.2, 0) is 9.84 Å². The summed E-state index contributed by atoms with van der Waals surface area (Å²) in [6, 6.07) is -0.0253. The molecule has 1 amide bonds. The van der Waals surface area contributed by atoms with Gasteiger partial charge in [0.25, 0.3) is 5.91 Å². The lowest BCUT2D eigenvalue weighted by atomic mass is 10.4. The molecule has 1 N–H and O–H groups in total. The van der Waals surface area contributed by atoms with E-state index in [0.717, 1.165) is 11.3 Å². The number of aromatic nitrogens is 2. The lowest BCUT2D eigenvalue weighted by Crippen LogP contribution is -2.29. The maximum atomic E-state index is 11.5. The molecule has 0 aromatic carbocycles. The summed E-state index contributed by atoms with van der Waals surface area (Å²) in [5, 5.41) is 9.75. The maximum absolute atomic E-state index is 11.5. The molecule has 0 atom stereocenters. The lowest BCUT2D eigenvalue weighted by molar-refractivity contribution is 0.0942. The van der Waals surface area contributed by atoms with E-state index in [4.69, 9.17) is 0 Å². The van der Waals surface area contributed by atoms with Crippen LogP contribution in [0.5, 0.6) is 0 Å². The van der Waals surface area contributed by atoms with Crippen LogP contribution < -0.4 is 5.32 Å². The molecule has 0 spiro atoms. The molecular formula is C8H13N3O3S2. The first-order valence-electron chi connectivity index (χ1n) is 4.74. The normalized spacial score (nSPS) is 11.8. The van der Waals surface area contributed by atoms with Crippen molar-refractivity contribution in [3.8, 4) is 0 Å². The van der Waals surface area contributed by atoms with E-state index in [1.807, 2.05) is 13.8 Å². The van der Waals surface area contributed by atoms with Gasteiger partial charge in [0.15, 0.2) is 0 Å². The first-order chi connectivity index (χ1) is 7.36. The molecule has 6 nitrogen and oxygen atoms in total. The highest BCUT2D eigenvalue weighted by Gasteiger charge is 2.21. The van der Waals surface area contributed by atoms with Gasteiger partial charge >= 0.3 is 0 Å². The van der Waals surface area contributed by atoms with Crippen LogP contribution in [0.15, 0.2) is 4.34 Å². The van der Waals surface area contributed by atoms with Crippen LogP contribution in [0.2, 0.25) is 0 Å². The molecule has 1 aromatic rings. The summed E-state index contributed by atoms with van der Waals surface area (Å²) in [4.78, 5) is 11.5. The second kappa shape index (κ2) is 4.88. The van der Waals surface area contributed by atoms with Gasteiger partial charge in [0.1, 0.15) is 0 Å². The minimum atomic E-state index is -3.37. The van der Waals surface area contributed by atoms with Gasteiger partial charge < -0.3 is 5.32 Å². The summed E-state index contributed by atoms with van der Waals surface area (Å²) in [7, 11) is -3.37. The number of carbonyl (C=O) groups is 1. The average molecular weight is 263 g/mol. The van der Waals surface area contributed by atoms with Gasteiger partial charge in [-0.15, -0.1) is 10.2 Å². The minimum absolute atomic E-state index is 0.0253. The molecule has 0 bridgehead atoms. The topological polar surface area (TPSA) is 89.0 Å². The molecular weight excluding hydrogens is 250 g/mol. The summed E-state index contributed by atoms with van der Waals surface area (Å²) in [5.41, 5.74) is 0. The van der Waals surface area contributed by atoms with Crippen molar-refractivity contribution in [1.82, 2.24) is 15.5 Å². The standard InChI is InChI=1S/C8H13N3O3S2/c1-4-16(13,14)8-11-10-7(15-8)6(12)9-5(2)3/h5H,4H2,1-3H3,(H,9,12). The van der Waals surface area contributed by atoms with Gasteiger partial charge in [-0.05, 0) is 13.8 Å². The molecule has 0 aliphatic rings. The van der Waals surface area contributed by atoms with E-state index >= 15 is 0 Å². The van der Waals surface area contributed by atoms with Gasteiger partial charge in [0, 0.05) is 6.04 Å². The third kappa shape index (κ3) is 2.99. The summed E-state index contributed by atoms with van der Waals surface area (Å²) >= 11 is 0.792. The van der Waals surface area contributed by atoms with Crippen molar-refractivity contribution >= 4 is 27.1 Å². The third-order valence-electron chi connectivity index (χ3n) is 1.67. The highest BCUT2D eigenvalue weighted by atomic mass is 32.2. The summed E-state index contributed by atoms with van der Waals surface area (Å²) in [6.45, 7) is 5.13. The van der Waals surface area contributed by atoms with E-state index in [9.17, 15) is 13.2 Å². The van der Waals surface area contributed by atoms with Gasteiger partial charge in [-0.3, -0.25) is 4.79 Å². The number of hydrogen-bond acceptors (Lipinski definition) is 6. The molecule has 90 valence electrons. The highest BCUT2D eigenvalue weighted by molar-refractivity contribution is 7.93. The van der Waals surface area contributed by atoms with Crippen LogP contribution in [0.25, 0.3) is 0 Å². The fraction of sp³-hybridized carbons (Fsp3) is 0.625. The zero-order valence-corrected chi connectivity index (χ0v) is 10.9. The van der Waals surface area contributed by atoms with Gasteiger partial charge in [-0.1, -0.05) is 18.3 Å². The van der Waals surface area contributed by atoms with Crippen molar-refractivity contribution in [2.75, 3.05) is 5.75 Å². The van der Waals surface area contributed by atoms with Crippen molar-refractivity contribution in [3.63, 3.8) is 0 Å². The Labute approximate surface area is 98.0 Å². The molecule has 0 aliphatic carbocycles. The van der Waals surface area contributed by atoms with E-state index in [0.29, 0.717) is 0 Å². The van der Waals surface area contributed by atoms with Gasteiger partial charge in [0.2, 0.25) is 19.2 Å². The van der Waals surface area contributed by atoms with E-state index in [2.05, 4.69) is 15.5 Å². The monoisotopic (exact) mass is 263 g/mol. The number of hydrogen-bond donors (Lipinski definition) is 1. The fourth-order valence-corrected chi connectivity index (χ4v) is 2.87. The van der Waals surface area contributed by atoms with Crippen LogP contribution in [0.4, 0.5) is 0 Å². The number of carbonyl (C=O) groups excluding carboxylic acids is 1. The highest BCUT2D eigenvalue weighted by Crippen LogP contribution is 2.16. The quantitative estimate of drug-likeness (QED) is 0.853. The van der Waals surface area contributed by atoms with E-state index in [-0.39, 0.29) is 21.1 Å². The first kappa shape index (κ1) is 13.0. The number of rotatable bonds is 4. The molecule has 0 saturated heterocycles. The largest absolute Gasteiger partial charge is 0.348 e. The molecule has 1 heterocycles. The predicted molar refractivity (Wildman–Crippen MR) is 60.2 cm³/mol. The average Bonchev–Trinajstić information content (AvgIpc) is 2.66. The number of sulfone groups is 1. The Bertz CT molecular complexity index is 478. The molecule has 1 rings (SSSR count). The van der Waals surface area contributed by atoms with E-state index < -0.39 is 15.7 Å². The van der Waals surface area contributed by atoms with Gasteiger partial charge in [-0.2, -0.15) is 0 Å². The zero-order valence-electron chi connectivity index (χ0n) is 9.22. The van der Waals surface area contributed by atoms with Crippen molar-refractivity contribution in [2.24, 2.45) is 0 Å². The smallest absolute Gasteiger partial charge is 0.282 e. The maximum Gasteiger partial charge on any atom is 0.282 e. The Hall–Kier alpha value is -1.02. The molecule has 0 radical (unpaired) electrons. The summed E-state index contributed by atoms with van der Waals surface area (Å²) in [5.74, 6) is -0.446. The van der Waals surface area contributed by atoms with Crippen LogP contribution in [0, 0.1) is 0 Å². The Morgan fingerprint density at radius 1 is 1.44 bits per heavy atom. The van der Waals surface area contributed by atoms with Crippen LogP contribution in [0.3, 0.4) is 0 Å². The third-order valence-corrected chi connectivity index (χ3v) is 4.77. The lowest BCUT2D eigenvalue weighted by Gasteiger charge is -2.04. The van der Waals surface area contributed by atoms with Crippen LogP contribution in [-0.4, -0.2) is 36.3 Å². The Morgan fingerprint density at radius 3 is 2.56 bits per heavy atom. The fourth-order valence-electron chi connectivity index (χ4n) is 0.875. The first-order valence-corrected chi connectivity index (χ1v) is 7.20. The Morgan fingerprint density at radius 2 is 2.06 bits per heavy atom. The van der Waals surface area contributed by atoms with Crippen LogP contribution in [0.1, 0.15) is 30.6 Å². The zero-order chi connectivity index (χ0) is 12.3. The number of nitrogens with one attached hydrogen (secondary N) is 1. The molecule has 0 aliphatic heterocycles. The number of nitrogens with zero attached hydrogens (tertiary/aromatic N) is 2. The summed E-state index contributed by atoms with van der Waals surface area (Å²) < 4.78 is 22.8. The molecule has 16 heavy (non-hydrogen) atoms.